The van der Waals surface area contributed by atoms with Crippen LogP contribution in [0.5, 0.6) is 0 Å². The molecule has 0 fully saturated rings. The fraction of sp³-hybridized carbons (Fsp3) is 0.0556. The zero-order valence-electron chi connectivity index (χ0n) is 13.9. The summed E-state index contributed by atoms with van der Waals surface area (Å²) in [6, 6.07) is 10.2. The molecular formula is C18H11F5N4O. The summed E-state index contributed by atoms with van der Waals surface area (Å²) in [7, 11) is 0. The fourth-order valence-electron chi connectivity index (χ4n) is 2.27. The zero-order chi connectivity index (χ0) is 20.3. The molecule has 144 valence electrons. The van der Waals surface area contributed by atoms with Gasteiger partial charge in [0.2, 0.25) is 0 Å². The standard InChI is InChI=1S/C18H11F5N4O/c19-12-6-5-10(9-13(12)20)24-16-8-7-15(26-27-16)17(28)25-14-4-2-1-3-11(14)18(21,22)23/h1-9H,(H,24,27)(H,25,28). The lowest BCUT2D eigenvalue weighted by Crippen LogP contribution is -2.18. The van der Waals surface area contributed by atoms with Gasteiger partial charge >= 0.3 is 6.18 Å². The number of hydrogen-bond donors (Lipinski definition) is 2. The number of rotatable bonds is 4. The van der Waals surface area contributed by atoms with Gasteiger partial charge < -0.3 is 10.6 Å². The van der Waals surface area contributed by atoms with Gasteiger partial charge in [0.25, 0.3) is 5.91 Å². The smallest absolute Gasteiger partial charge is 0.339 e. The Morgan fingerprint density at radius 3 is 2.29 bits per heavy atom. The van der Waals surface area contributed by atoms with Gasteiger partial charge in [0.05, 0.1) is 11.3 Å². The van der Waals surface area contributed by atoms with E-state index in [0.29, 0.717) is 0 Å². The van der Waals surface area contributed by atoms with Crippen LogP contribution >= 0.6 is 0 Å². The minimum Gasteiger partial charge on any atom is -0.339 e. The largest absolute Gasteiger partial charge is 0.418 e. The lowest BCUT2D eigenvalue weighted by atomic mass is 10.1. The monoisotopic (exact) mass is 394 g/mol. The molecule has 0 atom stereocenters. The Balaban J connectivity index is 1.73. The van der Waals surface area contributed by atoms with Crippen molar-refractivity contribution < 1.29 is 26.7 Å². The maximum absolute atomic E-state index is 13.2. The van der Waals surface area contributed by atoms with Crippen LogP contribution in [0, 0.1) is 11.6 Å². The van der Waals surface area contributed by atoms with E-state index >= 15 is 0 Å². The van der Waals surface area contributed by atoms with Crippen molar-refractivity contribution in [1.29, 1.82) is 0 Å². The molecule has 0 saturated heterocycles. The number of carbonyl (C=O) groups is 1. The zero-order valence-corrected chi connectivity index (χ0v) is 13.9. The Morgan fingerprint density at radius 1 is 0.893 bits per heavy atom. The third kappa shape index (κ3) is 4.40. The Bertz CT molecular complexity index is 1010. The van der Waals surface area contributed by atoms with Gasteiger partial charge in [-0.05, 0) is 36.4 Å². The van der Waals surface area contributed by atoms with Crippen molar-refractivity contribution in [2.24, 2.45) is 0 Å². The van der Waals surface area contributed by atoms with E-state index in [-0.39, 0.29) is 17.2 Å². The highest BCUT2D eigenvalue weighted by molar-refractivity contribution is 6.03. The molecule has 2 aromatic carbocycles. The van der Waals surface area contributed by atoms with Crippen LogP contribution in [0.2, 0.25) is 0 Å². The summed E-state index contributed by atoms with van der Waals surface area (Å²) in [4.78, 5) is 12.2. The summed E-state index contributed by atoms with van der Waals surface area (Å²) in [5.74, 6) is -2.83. The van der Waals surface area contributed by atoms with Crippen molar-refractivity contribution >= 4 is 23.1 Å². The Hall–Kier alpha value is -3.56. The number of nitrogens with one attached hydrogen (secondary N) is 2. The van der Waals surface area contributed by atoms with Gasteiger partial charge in [-0.1, -0.05) is 12.1 Å². The number of para-hydroxylation sites is 1. The molecular weight excluding hydrogens is 383 g/mol. The predicted octanol–water partition coefficient (Wildman–Crippen LogP) is 4.77. The van der Waals surface area contributed by atoms with Crippen molar-refractivity contribution in [3.63, 3.8) is 0 Å². The average molecular weight is 394 g/mol. The minimum atomic E-state index is -4.63. The fourth-order valence-corrected chi connectivity index (χ4v) is 2.27. The lowest BCUT2D eigenvalue weighted by molar-refractivity contribution is -0.136. The van der Waals surface area contributed by atoms with E-state index in [1.165, 1.54) is 30.3 Å². The van der Waals surface area contributed by atoms with E-state index in [2.05, 4.69) is 20.8 Å². The molecule has 1 heterocycles. The predicted molar refractivity (Wildman–Crippen MR) is 91.1 cm³/mol. The van der Waals surface area contributed by atoms with Crippen LogP contribution in [-0.2, 0) is 6.18 Å². The third-order valence-corrected chi connectivity index (χ3v) is 3.57. The molecule has 0 aliphatic carbocycles. The van der Waals surface area contributed by atoms with E-state index in [1.807, 2.05) is 0 Å². The summed E-state index contributed by atoms with van der Waals surface area (Å²) in [5.41, 5.74) is -1.43. The number of aromatic nitrogens is 2. The minimum absolute atomic E-state index is 0.123. The van der Waals surface area contributed by atoms with Gasteiger partial charge in [-0.3, -0.25) is 4.79 Å². The van der Waals surface area contributed by atoms with Gasteiger partial charge in [-0.2, -0.15) is 13.2 Å². The van der Waals surface area contributed by atoms with Crippen LogP contribution in [0.4, 0.5) is 39.1 Å². The Labute approximate surface area is 155 Å². The van der Waals surface area contributed by atoms with Crippen LogP contribution in [0.1, 0.15) is 16.1 Å². The van der Waals surface area contributed by atoms with Crippen LogP contribution in [0.25, 0.3) is 0 Å². The maximum atomic E-state index is 13.2. The molecule has 1 aromatic heterocycles. The molecule has 0 aliphatic rings. The van der Waals surface area contributed by atoms with E-state index < -0.39 is 35.0 Å². The first kappa shape index (κ1) is 19.2. The highest BCUT2D eigenvalue weighted by atomic mass is 19.4. The van der Waals surface area contributed by atoms with Crippen molar-refractivity contribution in [1.82, 2.24) is 10.2 Å². The molecule has 0 spiro atoms. The summed E-state index contributed by atoms with van der Waals surface area (Å²) < 4.78 is 65.0. The van der Waals surface area contributed by atoms with E-state index in [0.717, 1.165) is 24.3 Å². The maximum Gasteiger partial charge on any atom is 0.418 e. The van der Waals surface area contributed by atoms with Gasteiger partial charge in [-0.15, -0.1) is 10.2 Å². The molecule has 2 N–H and O–H groups in total. The molecule has 0 saturated carbocycles. The molecule has 0 aliphatic heterocycles. The Kier molecular flexibility index (Phi) is 5.21. The van der Waals surface area contributed by atoms with Gasteiger partial charge in [0.15, 0.2) is 23.1 Å². The van der Waals surface area contributed by atoms with Crippen LogP contribution in [0.3, 0.4) is 0 Å². The van der Waals surface area contributed by atoms with E-state index in [9.17, 15) is 26.7 Å². The Morgan fingerprint density at radius 2 is 1.64 bits per heavy atom. The van der Waals surface area contributed by atoms with Crippen molar-refractivity contribution in [2.45, 2.75) is 6.18 Å². The topological polar surface area (TPSA) is 66.9 Å². The normalized spacial score (nSPS) is 11.2. The summed E-state index contributed by atoms with van der Waals surface area (Å²) in [6.07, 6.45) is -4.63. The molecule has 3 aromatic rings. The molecule has 5 nitrogen and oxygen atoms in total. The molecule has 28 heavy (non-hydrogen) atoms. The van der Waals surface area contributed by atoms with Crippen molar-refractivity contribution in [2.75, 3.05) is 10.6 Å². The van der Waals surface area contributed by atoms with Gasteiger partial charge in [0.1, 0.15) is 0 Å². The second kappa shape index (κ2) is 7.59. The first-order valence-electron chi connectivity index (χ1n) is 7.77. The number of hydrogen-bond acceptors (Lipinski definition) is 4. The second-order valence-electron chi connectivity index (χ2n) is 5.56. The number of alkyl halides is 3. The van der Waals surface area contributed by atoms with E-state index in [1.54, 1.807) is 0 Å². The second-order valence-corrected chi connectivity index (χ2v) is 5.56. The summed E-state index contributed by atoms with van der Waals surface area (Å²) in [5, 5.41) is 12.1. The number of anilines is 3. The SMILES string of the molecule is O=C(Nc1ccccc1C(F)(F)F)c1ccc(Nc2ccc(F)c(F)c2)nn1. The van der Waals surface area contributed by atoms with Gasteiger partial charge in [-0.25, -0.2) is 8.78 Å². The number of carbonyl (C=O) groups excluding carboxylic acids is 1. The molecule has 0 bridgehead atoms. The highest BCUT2D eigenvalue weighted by Crippen LogP contribution is 2.34. The molecule has 0 radical (unpaired) electrons. The van der Waals surface area contributed by atoms with E-state index in [4.69, 9.17) is 0 Å². The van der Waals surface area contributed by atoms with Crippen LogP contribution in [-0.4, -0.2) is 16.1 Å². The highest BCUT2D eigenvalue weighted by Gasteiger charge is 2.33. The first-order valence-corrected chi connectivity index (χ1v) is 7.77. The van der Waals surface area contributed by atoms with Crippen LogP contribution in [0.15, 0.2) is 54.6 Å². The molecule has 10 heteroatoms. The number of amides is 1. The lowest BCUT2D eigenvalue weighted by Gasteiger charge is -2.13. The van der Waals surface area contributed by atoms with Crippen molar-refractivity contribution in [3.8, 4) is 0 Å². The van der Waals surface area contributed by atoms with Crippen molar-refractivity contribution in [3.05, 3.63) is 77.5 Å². The van der Waals surface area contributed by atoms with Gasteiger partial charge in [0, 0.05) is 11.8 Å². The molecule has 1 amide bonds. The summed E-state index contributed by atoms with van der Waals surface area (Å²) in [6.45, 7) is 0. The molecule has 0 unspecified atom stereocenters. The van der Waals surface area contributed by atoms with Crippen LogP contribution < -0.4 is 10.6 Å². The average Bonchev–Trinajstić information content (AvgIpc) is 2.65. The summed E-state index contributed by atoms with van der Waals surface area (Å²) >= 11 is 0. The number of benzene rings is 2. The first-order chi connectivity index (χ1) is 13.2. The number of nitrogens with zero attached hydrogens (tertiary/aromatic N) is 2. The number of halogens is 5. The quantitative estimate of drug-likeness (QED) is 0.626. The third-order valence-electron chi connectivity index (χ3n) is 3.57. The molecule has 3 rings (SSSR count).